The zero-order valence-corrected chi connectivity index (χ0v) is 12.7. The molecule has 0 amide bonds. The Morgan fingerprint density at radius 2 is 2.10 bits per heavy atom. The number of aromatic nitrogens is 2. The third-order valence-electron chi connectivity index (χ3n) is 3.84. The van der Waals surface area contributed by atoms with Gasteiger partial charge in [-0.15, -0.1) is 0 Å². The van der Waals surface area contributed by atoms with Gasteiger partial charge >= 0.3 is 5.97 Å². The van der Waals surface area contributed by atoms with Gasteiger partial charge in [-0.3, -0.25) is 4.79 Å². The lowest BCUT2D eigenvalue weighted by Crippen LogP contribution is -2.25. The van der Waals surface area contributed by atoms with Gasteiger partial charge in [0.15, 0.2) is 4.73 Å². The second-order valence-electron chi connectivity index (χ2n) is 5.22. The highest BCUT2D eigenvalue weighted by molar-refractivity contribution is 9.10. The van der Waals surface area contributed by atoms with Crippen molar-refractivity contribution in [3.05, 3.63) is 40.3 Å². The number of hydrogen-bond acceptors (Lipinski definition) is 2. The summed E-state index contributed by atoms with van der Waals surface area (Å²) in [7, 11) is 0. The van der Waals surface area contributed by atoms with Gasteiger partial charge in [0, 0.05) is 24.2 Å². The first-order chi connectivity index (χ1) is 9.56. The number of nitrogens with zero attached hydrogens (tertiary/aromatic N) is 2. The van der Waals surface area contributed by atoms with Gasteiger partial charge in [0.05, 0.1) is 11.6 Å². The number of hydrogen-bond donors (Lipinski definition) is 1. The Kier molecular flexibility index (Phi) is 3.38. The van der Waals surface area contributed by atoms with Crippen LogP contribution < -0.4 is 0 Å². The SMILES string of the molecule is Cc1ccc(-c2nc(Br)n3c2CC(C(=O)O)CC3)cc1. The lowest BCUT2D eigenvalue weighted by Gasteiger charge is -2.22. The molecule has 1 N–H and O–H groups in total. The fraction of sp³-hybridized carbons (Fsp3) is 0.333. The molecule has 3 rings (SSSR count). The van der Waals surface area contributed by atoms with E-state index in [1.165, 1.54) is 5.56 Å². The van der Waals surface area contributed by atoms with Gasteiger partial charge in [0.1, 0.15) is 0 Å². The molecular weight excluding hydrogens is 320 g/mol. The molecule has 2 aromatic rings. The minimum Gasteiger partial charge on any atom is -0.481 e. The zero-order valence-electron chi connectivity index (χ0n) is 11.1. The number of fused-ring (bicyclic) bond motifs is 1. The molecule has 0 aliphatic carbocycles. The smallest absolute Gasteiger partial charge is 0.306 e. The number of aryl methyl sites for hydroxylation is 1. The Balaban J connectivity index is 2.05. The minimum absolute atomic E-state index is 0.310. The lowest BCUT2D eigenvalue weighted by molar-refractivity contribution is -0.142. The van der Waals surface area contributed by atoms with E-state index in [0.29, 0.717) is 19.4 Å². The molecule has 0 saturated heterocycles. The minimum atomic E-state index is -0.719. The van der Waals surface area contributed by atoms with E-state index in [1.807, 2.05) is 31.2 Å². The summed E-state index contributed by atoms with van der Waals surface area (Å²) in [6, 6.07) is 8.17. The predicted octanol–water partition coefficient (Wildman–Crippen LogP) is 3.27. The molecule has 4 nitrogen and oxygen atoms in total. The Bertz CT molecular complexity index is 661. The molecule has 0 radical (unpaired) electrons. The lowest BCUT2D eigenvalue weighted by atomic mass is 9.94. The van der Waals surface area contributed by atoms with E-state index in [4.69, 9.17) is 0 Å². The summed E-state index contributed by atoms with van der Waals surface area (Å²) in [6.45, 7) is 2.74. The van der Waals surface area contributed by atoms with Gasteiger partial charge in [-0.05, 0) is 29.3 Å². The van der Waals surface area contributed by atoms with Crippen LogP contribution in [0.15, 0.2) is 29.0 Å². The highest BCUT2D eigenvalue weighted by atomic mass is 79.9. The van der Waals surface area contributed by atoms with Crippen molar-refractivity contribution in [3.8, 4) is 11.3 Å². The predicted molar refractivity (Wildman–Crippen MR) is 79.5 cm³/mol. The highest BCUT2D eigenvalue weighted by Crippen LogP contribution is 2.33. The number of benzene rings is 1. The van der Waals surface area contributed by atoms with Crippen LogP contribution in [0.3, 0.4) is 0 Å². The summed E-state index contributed by atoms with van der Waals surface area (Å²) in [4.78, 5) is 15.8. The molecule has 1 aromatic carbocycles. The van der Waals surface area contributed by atoms with Crippen molar-refractivity contribution < 1.29 is 9.90 Å². The molecule has 20 heavy (non-hydrogen) atoms. The number of rotatable bonds is 2. The van der Waals surface area contributed by atoms with Gasteiger partial charge in [-0.25, -0.2) is 4.98 Å². The van der Waals surface area contributed by atoms with Gasteiger partial charge in [-0.1, -0.05) is 29.8 Å². The zero-order chi connectivity index (χ0) is 14.3. The number of imidazole rings is 1. The number of carbonyl (C=O) groups is 1. The largest absolute Gasteiger partial charge is 0.481 e. The molecule has 104 valence electrons. The maximum Gasteiger partial charge on any atom is 0.306 e. The summed E-state index contributed by atoms with van der Waals surface area (Å²) in [6.07, 6.45) is 1.20. The molecule has 1 aliphatic rings. The van der Waals surface area contributed by atoms with E-state index < -0.39 is 5.97 Å². The van der Waals surface area contributed by atoms with Crippen LogP contribution in [0.5, 0.6) is 0 Å². The molecule has 1 aliphatic heterocycles. The van der Waals surface area contributed by atoms with Gasteiger partial charge in [-0.2, -0.15) is 0 Å². The topological polar surface area (TPSA) is 55.1 Å². The van der Waals surface area contributed by atoms with Crippen molar-refractivity contribution in [1.29, 1.82) is 0 Å². The maximum atomic E-state index is 11.2. The standard InChI is InChI=1S/C15H15BrN2O2/c1-9-2-4-10(5-3-9)13-12-8-11(14(19)20)6-7-18(12)15(16)17-13/h2-5,11H,6-8H2,1H3,(H,19,20). The monoisotopic (exact) mass is 334 g/mol. The molecule has 0 fully saturated rings. The van der Waals surface area contributed by atoms with Crippen LogP contribution in [0, 0.1) is 12.8 Å². The fourth-order valence-corrected chi connectivity index (χ4v) is 3.23. The summed E-state index contributed by atoms with van der Waals surface area (Å²) in [5.74, 6) is -1.03. The molecule has 0 bridgehead atoms. The van der Waals surface area contributed by atoms with Crippen molar-refractivity contribution in [2.24, 2.45) is 5.92 Å². The average molecular weight is 335 g/mol. The number of carboxylic acids is 1. The highest BCUT2D eigenvalue weighted by Gasteiger charge is 2.29. The molecule has 5 heteroatoms. The van der Waals surface area contributed by atoms with Crippen LogP contribution in [-0.4, -0.2) is 20.6 Å². The van der Waals surface area contributed by atoms with Gasteiger partial charge in [0.2, 0.25) is 0 Å². The molecule has 0 saturated carbocycles. The van der Waals surface area contributed by atoms with Crippen molar-refractivity contribution in [2.75, 3.05) is 0 Å². The normalized spacial score (nSPS) is 17.8. The van der Waals surface area contributed by atoms with Crippen molar-refractivity contribution in [2.45, 2.75) is 26.3 Å². The molecule has 1 unspecified atom stereocenters. The molecule has 1 aromatic heterocycles. The van der Waals surface area contributed by atoms with Crippen LogP contribution in [-0.2, 0) is 17.8 Å². The Morgan fingerprint density at radius 3 is 2.75 bits per heavy atom. The van der Waals surface area contributed by atoms with Crippen LogP contribution in [0.1, 0.15) is 17.7 Å². The Hall–Kier alpha value is -1.62. The Labute approximate surface area is 125 Å². The quantitative estimate of drug-likeness (QED) is 0.916. The molecule has 2 heterocycles. The number of carboxylic acid groups (broad SMARTS) is 1. The van der Waals surface area contributed by atoms with E-state index in [1.54, 1.807) is 0 Å². The van der Waals surface area contributed by atoms with Crippen LogP contribution in [0.2, 0.25) is 0 Å². The second kappa shape index (κ2) is 5.05. The fourth-order valence-electron chi connectivity index (χ4n) is 2.66. The van der Waals surface area contributed by atoms with Crippen molar-refractivity contribution in [1.82, 2.24) is 9.55 Å². The number of aliphatic carboxylic acids is 1. The molecule has 1 atom stereocenters. The summed E-state index contributed by atoms with van der Waals surface area (Å²) in [5, 5.41) is 9.23. The third-order valence-corrected chi connectivity index (χ3v) is 4.45. The van der Waals surface area contributed by atoms with Gasteiger partial charge < -0.3 is 9.67 Å². The first-order valence-electron chi connectivity index (χ1n) is 6.61. The van der Waals surface area contributed by atoms with E-state index in [9.17, 15) is 9.90 Å². The van der Waals surface area contributed by atoms with E-state index in [-0.39, 0.29) is 5.92 Å². The second-order valence-corrected chi connectivity index (χ2v) is 5.93. The van der Waals surface area contributed by atoms with Crippen molar-refractivity contribution in [3.63, 3.8) is 0 Å². The first-order valence-corrected chi connectivity index (χ1v) is 7.40. The Morgan fingerprint density at radius 1 is 1.40 bits per heavy atom. The van der Waals surface area contributed by atoms with E-state index in [0.717, 1.165) is 21.7 Å². The summed E-state index contributed by atoms with van der Waals surface area (Å²) in [5.41, 5.74) is 4.14. The third kappa shape index (κ3) is 2.26. The molecular formula is C15H15BrN2O2. The van der Waals surface area contributed by atoms with E-state index >= 15 is 0 Å². The molecule has 0 spiro atoms. The van der Waals surface area contributed by atoms with Crippen LogP contribution >= 0.6 is 15.9 Å². The van der Waals surface area contributed by atoms with Crippen LogP contribution in [0.4, 0.5) is 0 Å². The number of halogens is 1. The van der Waals surface area contributed by atoms with E-state index in [2.05, 4.69) is 25.5 Å². The van der Waals surface area contributed by atoms with Gasteiger partial charge in [0.25, 0.3) is 0 Å². The maximum absolute atomic E-state index is 11.2. The van der Waals surface area contributed by atoms with Crippen molar-refractivity contribution >= 4 is 21.9 Å². The summed E-state index contributed by atoms with van der Waals surface area (Å²) >= 11 is 3.48. The summed E-state index contributed by atoms with van der Waals surface area (Å²) < 4.78 is 2.86. The first kappa shape index (κ1) is 13.4. The van der Waals surface area contributed by atoms with Crippen LogP contribution in [0.25, 0.3) is 11.3 Å². The average Bonchev–Trinajstić information content (AvgIpc) is 2.76.